The Hall–Kier alpha value is -3.09. The van der Waals surface area contributed by atoms with Crippen LogP contribution in [0, 0.1) is 6.92 Å². The summed E-state index contributed by atoms with van der Waals surface area (Å²) in [7, 11) is 3.11. The molecule has 26 heavy (non-hydrogen) atoms. The molecule has 2 aromatic heterocycles. The van der Waals surface area contributed by atoms with E-state index in [9.17, 15) is 4.79 Å². The molecule has 0 spiro atoms. The molecule has 1 amide bonds. The number of carbonyl (C=O) groups is 1. The van der Waals surface area contributed by atoms with Gasteiger partial charge >= 0.3 is 0 Å². The van der Waals surface area contributed by atoms with Crippen molar-refractivity contribution < 1.29 is 14.3 Å². The number of benzene rings is 1. The molecule has 0 aliphatic carbocycles. The normalized spacial score (nSPS) is 13.6. The molecule has 0 saturated heterocycles. The van der Waals surface area contributed by atoms with Gasteiger partial charge < -0.3 is 14.4 Å². The predicted molar refractivity (Wildman–Crippen MR) is 95.7 cm³/mol. The van der Waals surface area contributed by atoms with E-state index in [0.717, 1.165) is 29.0 Å². The number of rotatable bonds is 3. The predicted octanol–water partition coefficient (Wildman–Crippen LogP) is 2.25. The van der Waals surface area contributed by atoms with Crippen LogP contribution in [-0.4, -0.2) is 46.2 Å². The zero-order valence-electron chi connectivity index (χ0n) is 15.0. The zero-order valence-corrected chi connectivity index (χ0v) is 15.0. The van der Waals surface area contributed by atoms with Crippen LogP contribution in [0.1, 0.15) is 27.3 Å². The molecule has 0 radical (unpaired) electrons. The van der Waals surface area contributed by atoms with Gasteiger partial charge in [0.2, 0.25) is 0 Å². The average molecular weight is 352 g/mol. The van der Waals surface area contributed by atoms with Crippen LogP contribution >= 0.6 is 0 Å². The highest BCUT2D eigenvalue weighted by Gasteiger charge is 2.28. The molecule has 134 valence electrons. The largest absolute Gasteiger partial charge is 0.496 e. The summed E-state index contributed by atoms with van der Waals surface area (Å²) in [5.41, 5.74) is 4.34. The first-order chi connectivity index (χ1) is 12.6. The third kappa shape index (κ3) is 2.56. The Morgan fingerprint density at radius 1 is 1.19 bits per heavy atom. The number of amides is 1. The molecule has 4 rings (SSSR count). The number of aryl methyl sites for hydroxylation is 1. The fourth-order valence-electron chi connectivity index (χ4n) is 3.45. The van der Waals surface area contributed by atoms with Crippen molar-refractivity contribution in [2.45, 2.75) is 19.9 Å². The van der Waals surface area contributed by atoms with Crippen molar-refractivity contribution in [1.82, 2.24) is 19.5 Å². The number of fused-ring (bicyclic) bond motifs is 3. The summed E-state index contributed by atoms with van der Waals surface area (Å²) in [4.78, 5) is 19.4. The average Bonchev–Trinajstić information content (AvgIpc) is 3.06. The molecule has 7 nitrogen and oxygen atoms in total. The van der Waals surface area contributed by atoms with E-state index in [2.05, 4.69) is 10.1 Å². The van der Waals surface area contributed by atoms with E-state index >= 15 is 0 Å². The maximum Gasteiger partial charge on any atom is 0.261 e. The minimum atomic E-state index is -0.110. The lowest BCUT2D eigenvalue weighted by Crippen LogP contribution is -2.37. The molecule has 1 aliphatic rings. The summed E-state index contributed by atoms with van der Waals surface area (Å²) in [5, 5.41) is 4.52. The van der Waals surface area contributed by atoms with Gasteiger partial charge in [-0.05, 0) is 19.1 Å². The van der Waals surface area contributed by atoms with E-state index in [1.54, 1.807) is 37.3 Å². The smallest absolute Gasteiger partial charge is 0.261 e. The van der Waals surface area contributed by atoms with Crippen LogP contribution in [0.4, 0.5) is 0 Å². The first-order valence-corrected chi connectivity index (χ1v) is 8.45. The SMILES string of the molecule is COc1cccc(OC)c1C(=O)N1CCc2c(cnc3cc(C)nn23)C1. The van der Waals surface area contributed by atoms with Gasteiger partial charge in [0, 0.05) is 37.3 Å². The van der Waals surface area contributed by atoms with Crippen molar-refractivity contribution in [3.8, 4) is 11.5 Å². The lowest BCUT2D eigenvalue weighted by molar-refractivity contribution is 0.0725. The lowest BCUT2D eigenvalue weighted by atomic mass is 10.0. The molecule has 7 heteroatoms. The molecule has 1 aromatic carbocycles. The lowest BCUT2D eigenvalue weighted by Gasteiger charge is -2.29. The Morgan fingerprint density at radius 2 is 1.92 bits per heavy atom. The second-order valence-electron chi connectivity index (χ2n) is 6.30. The summed E-state index contributed by atoms with van der Waals surface area (Å²) < 4.78 is 12.6. The van der Waals surface area contributed by atoms with E-state index in [-0.39, 0.29) is 5.91 Å². The number of aromatic nitrogens is 3. The van der Waals surface area contributed by atoms with E-state index in [1.807, 2.05) is 23.7 Å². The van der Waals surface area contributed by atoms with Crippen LogP contribution in [-0.2, 0) is 13.0 Å². The van der Waals surface area contributed by atoms with Crippen molar-refractivity contribution in [3.05, 3.63) is 53.0 Å². The van der Waals surface area contributed by atoms with Crippen LogP contribution in [0.5, 0.6) is 11.5 Å². The van der Waals surface area contributed by atoms with Crippen molar-refractivity contribution in [2.75, 3.05) is 20.8 Å². The number of ether oxygens (including phenoxy) is 2. The highest BCUT2D eigenvalue weighted by molar-refractivity contribution is 5.99. The first kappa shape index (κ1) is 16.4. The fourth-order valence-corrected chi connectivity index (χ4v) is 3.45. The Bertz CT molecular complexity index is 974. The molecule has 0 atom stereocenters. The Balaban J connectivity index is 1.69. The van der Waals surface area contributed by atoms with Crippen LogP contribution in [0.25, 0.3) is 5.65 Å². The van der Waals surface area contributed by atoms with Gasteiger partial charge in [-0.15, -0.1) is 0 Å². The number of hydrogen-bond acceptors (Lipinski definition) is 5. The van der Waals surface area contributed by atoms with Gasteiger partial charge in [-0.3, -0.25) is 4.79 Å². The van der Waals surface area contributed by atoms with Crippen LogP contribution in [0.15, 0.2) is 30.5 Å². The van der Waals surface area contributed by atoms with E-state index < -0.39 is 0 Å². The molecule has 0 N–H and O–H groups in total. The van der Waals surface area contributed by atoms with Crippen molar-refractivity contribution in [1.29, 1.82) is 0 Å². The minimum absolute atomic E-state index is 0.110. The van der Waals surface area contributed by atoms with Gasteiger partial charge in [0.1, 0.15) is 17.1 Å². The molecular weight excluding hydrogens is 332 g/mol. The maximum atomic E-state index is 13.2. The van der Waals surface area contributed by atoms with Crippen LogP contribution in [0.3, 0.4) is 0 Å². The maximum absolute atomic E-state index is 13.2. The zero-order chi connectivity index (χ0) is 18.3. The van der Waals surface area contributed by atoms with Gasteiger partial charge in [-0.2, -0.15) is 5.10 Å². The quantitative estimate of drug-likeness (QED) is 0.723. The summed E-state index contributed by atoms with van der Waals surface area (Å²) in [5.74, 6) is 0.912. The highest BCUT2D eigenvalue weighted by atomic mass is 16.5. The molecule has 0 unspecified atom stereocenters. The number of carbonyl (C=O) groups excluding carboxylic acids is 1. The standard InChI is InChI=1S/C19H20N4O3/c1-12-9-17-20-10-13-11-22(8-7-14(13)23(17)21-12)19(24)18-15(25-2)5-4-6-16(18)26-3/h4-6,9-10H,7-8,11H2,1-3H3. The molecule has 1 aliphatic heterocycles. The fraction of sp³-hybridized carbons (Fsp3) is 0.316. The van der Waals surface area contributed by atoms with Crippen LogP contribution in [0.2, 0.25) is 0 Å². The second-order valence-corrected chi connectivity index (χ2v) is 6.30. The summed E-state index contributed by atoms with van der Waals surface area (Å²) >= 11 is 0. The Kier molecular flexibility index (Phi) is 3.99. The summed E-state index contributed by atoms with van der Waals surface area (Å²) in [6, 6.07) is 7.30. The Labute approximate surface area is 151 Å². The van der Waals surface area contributed by atoms with Crippen molar-refractivity contribution >= 4 is 11.6 Å². The van der Waals surface area contributed by atoms with Gasteiger partial charge in [0.15, 0.2) is 5.65 Å². The number of methoxy groups -OCH3 is 2. The number of hydrogen-bond donors (Lipinski definition) is 0. The van der Waals surface area contributed by atoms with E-state index in [1.165, 1.54) is 0 Å². The highest BCUT2D eigenvalue weighted by Crippen LogP contribution is 2.31. The molecule has 0 saturated carbocycles. The van der Waals surface area contributed by atoms with Gasteiger partial charge in [0.05, 0.1) is 25.6 Å². The monoisotopic (exact) mass is 352 g/mol. The van der Waals surface area contributed by atoms with E-state index in [0.29, 0.717) is 30.2 Å². The van der Waals surface area contributed by atoms with Crippen LogP contribution < -0.4 is 9.47 Å². The first-order valence-electron chi connectivity index (χ1n) is 8.45. The van der Waals surface area contributed by atoms with E-state index in [4.69, 9.17) is 9.47 Å². The topological polar surface area (TPSA) is 69.0 Å². The minimum Gasteiger partial charge on any atom is -0.496 e. The molecule has 0 fully saturated rings. The van der Waals surface area contributed by atoms with Gasteiger partial charge in [-0.25, -0.2) is 9.50 Å². The van der Waals surface area contributed by atoms with Crippen molar-refractivity contribution in [2.24, 2.45) is 0 Å². The molecule has 3 heterocycles. The third-order valence-corrected chi connectivity index (χ3v) is 4.70. The molecule has 0 bridgehead atoms. The number of nitrogens with zero attached hydrogens (tertiary/aromatic N) is 4. The molecular formula is C19H20N4O3. The Morgan fingerprint density at radius 3 is 2.62 bits per heavy atom. The summed E-state index contributed by atoms with van der Waals surface area (Å²) in [6.45, 7) is 3.04. The second kappa shape index (κ2) is 6.33. The van der Waals surface area contributed by atoms with Gasteiger partial charge in [0.25, 0.3) is 5.91 Å². The summed E-state index contributed by atoms with van der Waals surface area (Å²) in [6.07, 6.45) is 2.56. The van der Waals surface area contributed by atoms with Crippen molar-refractivity contribution in [3.63, 3.8) is 0 Å². The third-order valence-electron chi connectivity index (χ3n) is 4.70. The molecule has 3 aromatic rings. The van der Waals surface area contributed by atoms with Gasteiger partial charge in [-0.1, -0.05) is 6.07 Å².